The molecule has 0 aromatic carbocycles. The Kier molecular flexibility index (Phi) is 5.25. The number of ether oxygens (including phenoxy) is 1. The fraction of sp³-hybridized carbons (Fsp3) is 0.636. The number of allylic oxidation sites excluding steroid dienone is 1. The van der Waals surface area contributed by atoms with Gasteiger partial charge in [-0.25, -0.2) is 0 Å². The predicted molar refractivity (Wildman–Crippen MR) is 66.9 cm³/mol. The topological polar surface area (TPSA) is 41.6 Å². The van der Waals surface area contributed by atoms with Crippen LogP contribution in [0.2, 0.25) is 0 Å². The number of likely N-dealkylation sites (tertiary alicyclic amines) is 1. The van der Waals surface area contributed by atoms with E-state index in [4.69, 9.17) is 17.0 Å². The highest BCUT2D eigenvalue weighted by Crippen LogP contribution is 2.23. The first-order valence-corrected chi connectivity index (χ1v) is 5.97. The van der Waals surface area contributed by atoms with Crippen LogP contribution in [0.1, 0.15) is 26.2 Å². The van der Waals surface area contributed by atoms with Crippen molar-refractivity contribution < 1.29 is 9.53 Å². The fourth-order valence-corrected chi connectivity index (χ4v) is 2.06. The molecule has 0 atom stereocenters. The van der Waals surface area contributed by atoms with E-state index in [1.165, 1.54) is 0 Å². The smallest absolute Gasteiger partial charge is 0.311 e. The molecule has 5 heteroatoms. The molecule has 1 aliphatic rings. The summed E-state index contributed by atoms with van der Waals surface area (Å²) in [5, 5.41) is 3.07. The highest BCUT2D eigenvalue weighted by molar-refractivity contribution is 7.78. The summed E-state index contributed by atoms with van der Waals surface area (Å²) in [5.41, 5.74) is 3.67. The Hall–Kier alpha value is -1.10. The van der Waals surface area contributed by atoms with E-state index in [2.05, 4.69) is 5.32 Å². The molecule has 0 unspecified atom stereocenters. The van der Waals surface area contributed by atoms with Gasteiger partial charge in [-0.15, -0.1) is 0 Å². The van der Waals surface area contributed by atoms with Gasteiger partial charge in [0.1, 0.15) is 0 Å². The summed E-state index contributed by atoms with van der Waals surface area (Å²) in [5.74, 6) is -0.199. The zero-order valence-electron chi connectivity index (χ0n) is 9.78. The number of thiocarbonyl (C=S) groups is 1. The van der Waals surface area contributed by atoms with E-state index < -0.39 is 0 Å². The third kappa shape index (κ3) is 3.20. The summed E-state index contributed by atoms with van der Waals surface area (Å²) < 4.78 is 4.93. The second kappa shape index (κ2) is 6.48. The van der Waals surface area contributed by atoms with Crippen molar-refractivity contribution in [3.8, 4) is 0 Å². The van der Waals surface area contributed by atoms with Crippen molar-refractivity contribution in [2.75, 3.05) is 20.2 Å². The Balaban J connectivity index is 2.74. The molecule has 0 aliphatic carbocycles. The Labute approximate surface area is 102 Å². The molecule has 1 N–H and O–H groups in total. The molecular weight excluding hydrogens is 224 g/mol. The predicted octanol–water partition coefficient (Wildman–Crippen LogP) is 1.42. The maximum Gasteiger partial charge on any atom is 0.311 e. The van der Waals surface area contributed by atoms with Crippen molar-refractivity contribution in [3.05, 3.63) is 11.4 Å². The average molecular weight is 242 g/mol. The number of rotatable bonds is 5. The Bertz CT molecular complexity index is 302. The standard InChI is InChI=1S/C11H18N2O2S/c1-3-15-11(14)7-9(12-2)10-5-4-6-13(10)8-16/h8,12H,3-7H2,1-2H3/b10-9-. The van der Waals surface area contributed by atoms with E-state index in [0.29, 0.717) is 13.0 Å². The molecule has 0 aromatic heterocycles. The van der Waals surface area contributed by atoms with Gasteiger partial charge in [0.15, 0.2) is 0 Å². The highest BCUT2D eigenvalue weighted by Gasteiger charge is 2.20. The summed E-state index contributed by atoms with van der Waals surface area (Å²) in [6.45, 7) is 3.16. The lowest BCUT2D eigenvalue weighted by Gasteiger charge is -2.17. The van der Waals surface area contributed by atoms with Crippen LogP contribution >= 0.6 is 12.2 Å². The number of nitrogens with one attached hydrogen (secondary N) is 1. The van der Waals surface area contributed by atoms with Crippen molar-refractivity contribution in [3.63, 3.8) is 0 Å². The second-order valence-electron chi connectivity index (χ2n) is 3.56. The summed E-state index contributed by atoms with van der Waals surface area (Å²) in [6, 6.07) is 0. The summed E-state index contributed by atoms with van der Waals surface area (Å²) in [7, 11) is 1.82. The molecule has 1 aliphatic heterocycles. The van der Waals surface area contributed by atoms with Gasteiger partial charge in [-0.05, 0) is 19.8 Å². The first-order valence-electron chi connectivity index (χ1n) is 5.50. The van der Waals surface area contributed by atoms with Crippen LogP contribution < -0.4 is 5.32 Å². The third-order valence-corrected chi connectivity index (χ3v) is 2.82. The summed E-state index contributed by atoms with van der Waals surface area (Å²) in [4.78, 5) is 13.4. The minimum atomic E-state index is -0.199. The molecule has 90 valence electrons. The summed E-state index contributed by atoms with van der Waals surface area (Å²) >= 11 is 4.94. The molecule has 0 spiro atoms. The quantitative estimate of drug-likeness (QED) is 0.583. The van der Waals surface area contributed by atoms with Crippen LogP contribution in [0.4, 0.5) is 0 Å². The zero-order chi connectivity index (χ0) is 12.0. The van der Waals surface area contributed by atoms with E-state index in [0.717, 1.165) is 30.8 Å². The van der Waals surface area contributed by atoms with Gasteiger partial charge in [0.2, 0.25) is 0 Å². The van der Waals surface area contributed by atoms with Gasteiger partial charge in [0.05, 0.1) is 18.5 Å². The molecule has 1 saturated heterocycles. The molecular formula is C11H18N2O2S. The summed E-state index contributed by atoms with van der Waals surface area (Å²) in [6.07, 6.45) is 2.33. The minimum absolute atomic E-state index is 0.199. The lowest BCUT2D eigenvalue weighted by Crippen LogP contribution is -2.22. The maximum absolute atomic E-state index is 11.4. The molecule has 1 heterocycles. The SMILES string of the molecule is CCOC(=O)C/C(NC)=C1\CCCN1C=S. The van der Waals surface area contributed by atoms with Gasteiger partial charge in [0, 0.05) is 25.0 Å². The van der Waals surface area contributed by atoms with Crippen molar-refractivity contribution in [1.29, 1.82) is 0 Å². The first-order chi connectivity index (χ1) is 7.72. The monoisotopic (exact) mass is 242 g/mol. The van der Waals surface area contributed by atoms with Gasteiger partial charge in [-0.1, -0.05) is 12.2 Å². The lowest BCUT2D eigenvalue weighted by molar-refractivity contribution is -0.142. The van der Waals surface area contributed by atoms with Crippen LogP contribution in [0.15, 0.2) is 11.4 Å². The zero-order valence-corrected chi connectivity index (χ0v) is 10.6. The van der Waals surface area contributed by atoms with Crippen LogP contribution in [0, 0.1) is 0 Å². The molecule has 0 aromatic rings. The van der Waals surface area contributed by atoms with Gasteiger partial charge < -0.3 is 15.0 Å². The van der Waals surface area contributed by atoms with E-state index in [1.54, 1.807) is 5.49 Å². The minimum Gasteiger partial charge on any atom is -0.466 e. The average Bonchev–Trinajstić information content (AvgIpc) is 2.74. The van der Waals surface area contributed by atoms with Crippen molar-refractivity contribution in [1.82, 2.24) is 10.2 Å². The van der Waals surface area contributed by atoms with Gasteiger partial charge in [0.25, 0.3) is 0 Å². The van der Waals surface area contributed by atoms with Gasteiger partial charge >= 0.3 is 5.97 Å². The number of carbonyl (C=O) groups excluding carboxylic acids is 1. The van der Waals surface area contributed by atoms with Crippen LogP contribution in [0.5, 0.6) is 0 Å². The largest absolute Gasteiger partial charge is 0.466 e. The third-order valence-electron chi connectivity index (χ3n) is 2.56. The Morgan fingerprint density at radius 2 is 2.44 bits per heavy atom. The second-order valence-corrected chi connectivity index (χ2v) is 3.77. The van der Waals surface area contributed by atoms with Crippen LogP contribution in [-0.2, 0) is 9.53 Å². The molecule has 16 heavy (non-hydrogen) atoms. The van der Waals surface area contributed by atoms with Crippen molar-refractivity contribution >= 4 is 23.7 Å². The number of carbonyl (C=O) groups is 1. The Morgan fingerprint density at radius 1 is 1.69 bits per heavy atom. The Morgan fingerprint density at radius 3 is 3.00 bits per heavy atom. The van der Waals surface area contributed by atoms with E-state index in [-0.39, 0.29) is 5.97 Å². The van der Waals surface area contributed by atoms with Crippen LogP contribution in [0.3, 0.4) is 0 Å². The normalized spacial score (nSPS) is 18.2. The molecule has 1 rings (SSSR count). The molecule has 0 radical (unpaired) electrons. The first kappa shape index (κ1) is 13.0. The van der Waals surface area contributed by atoms with E-state index in [9.17, 15) is 4.79 Å². The van der Waals surface area contributed by atoms with Gasteiger partial charge in [-0.2, -0.15) is 0 Å². The number of esters is 1. The molecule has 0 amide bonds. The fourth-order valence-electron chi connectivity index (χ4n) is 1.83. The van der Waals surface area contributed by atoms with Crippen LogP contribution in [-0.4, -0.2) is 36.6 Å². The van der Waals surface area contributed by atoms with Crippen molar-refractivity contribution in [2.45, 2.75) is 26.2 Å². The van der Waals surface area contributed by atoms with E-state index in [1.807, 2.05) is 18.9 Å². The maximum atomic E-state index is 11.4. The molecule has 0 saturated carbocycles. The molecule has 1 fully saturated rings. The van der Waals surface area contributed by atoms with Crippen LogP contribution in [0.25, 0.3) is 0 Å². The molecule has 0 bridgehead atoms. The van der Waals surface area contributed by atoms with Crippen molar-refractivity contribution in [2.24, 2.45) is 0 Å². The van der Waals surface area contributed by atoms with Gasteiger partial charge in [-0.3, -0.25) is 4.79 Å². The number of hydrogen-bond donors (Lipinski definition) is 1. The number of nitrogens with zero attached hydrogens (tertiary/aromatic N) is 1. The van der Waals surface area contributed by atoms with E-state index >= 15 is 0 Å². The lowest BCUT2D eigenvalue weighted by atomic mass is 10.2. The number of hydrogen-bond acceptors (Lipinski definition) is 4. The highest BCUT2D eigenvalue weighted by atomic mass is 32.1. The molecule has 4 nitrogen and oxygen atoms in total.